The summed E-state index contributed by atoms with van der Waals surface area (Å²) >= 11 is 1.45. The molecule has 0 spiro atoms. The highest BCUT2D eigenvalue weighted by Crippen LogP contribution is 2.48. The summed E-state index contributed by atoms with van der Waals surface area (Å²) in [6.45, 7) is 5.09. The molecule has 3 aromatic rings. The first-order valence-electron chi connectivity index (χ1n) is 15.7. The zero-order chi connectivity index (χ0) is 31.5. The number of nitrogens with zero attached hydrogens (tertiary/aromatic N) is 10. The molecule has 4 atom stereocenters. The topological polar surface area (TPSA) is 177 Å². The molecule has 16 heteroatoms. The number of nitrogens with two attached hydrogens (primary N) is 1. The average Bonchev–Trinajstić information content (AvgIpc) is 3.89. The molecule has 0 radical (unpaired) electrons. The second-order valence-corrected chi connectivity index (χ2v) is 14.1. The number of nitriles is 1. The van der Waals surface area contributed by atoms with Crippen molar-refractivity contribution >= 4 is 34.7 Å². The Kier molecular flexibility index (Phi) is 7.22. The number of fused-ring (bicyclic) bond motifs is 2. The predicted octanol–water partition coefficient (Wildman–Crippen LogP) is 2.93. The van der Waals surface area contributed by atoms with E-state index in [0.717, 1.165) is 49.1 Å². The van der Waals surface area contributed by atoms with Gasteiger partial charge in [0, 0.05) is 48.9 Å². The van der Waals surface area contributed by atoms with Gasteiger partial charge >= 0.3 is 6.01 Å². The van der Waals surface area contributed by atoms with Crippen molar-refractivity contribution < 1.29 is 18.4 Å². The number of hydrogen-bond acceptors (Lipinski definition) is 15. The third-order valence-electron chi connectivity index (χ3n) is 10.0. The lowest BCUT2D eigenvalue weighted by Gasteiger charge is -2.34. The summed E-state index contributed by atoms with van der Waals surface area (Å²) in [6.07, 6.45) is 7.25. The number of aromatic nitrogens is 5. The minimum Gasteiger partial charge on any atom is -0.461 e. The summed E-state index contributed by atoms with van der Waals surface area (Å²) in [5.41, 5.74) is 6.51. The first kappa shape index (κ1) is 29.3. The molecule has 3 aromatic heterocycles. The minimum atomic E-state index is -0.874. The van der Waals surface area contributed by atoms with E-state index in [1.54, 1.807) is 12.4 Å². The second-order valence-electron chi connectivity index (χ2n) is 12.9. The van der Waals surface area contributed by atoms with Gasteiger partial charge in [-0.3, -0.25) is 4.90 Å². The van der Waals surface area contributed by atoms with Crippen LogP contribution in [0.4, 0.5) is 15.3 Å². The van der Waals surface area contributed by atoms with E-state index in [1.807, 2.05) is 11.8 Å². The molecule has 46 heavy (non-hydrogen) atoms. The molecule has 240 valence electrons. The lowest BCUT2D eigenvalue weighted by molar-refractivity contribution is 0.0342. The van der Waals surface area contributed by atoms with Gasteiger partial charge in [-0.15, -0.1) is 11.3 Å². The lowest BCUT2D eigenvalue weighted by Crippen LogP contribution is -2.47. The minimum absolute atomic E-state index is 0.0476. The zero-order valence-corrected chi connectivity index (χ0v) is 26.2. The molecule has 0 bridgehead atoms. The van der Waals surface area contributed by atoms with Gasteiger partial charge in [-0.1, -0.05) is 5.16 Å². The molecule has 0 amide bonds. The number of halogens is 1. The van der Waals surface area contributed by atoms with Crippen LogP contribution in [0.5, 0.6) is 6.01 Å². The Balaban J connectivity index is 1.13. The Bertz CT molecular complexity index is 1740. The molecule has 0 aromatic carbocycles. The number of ether oxygens (including phenoxy) is 2. The molecule has 3 fully saturated rings. The third-order valence-corrected chi connectivity index (χ3v) is 11.1. The fraction of sp³-hybridized carbons (Fsp3) is 0.600. The van der Waals surface area contributed by atoms with Gasteiger partial charge in [0.2, 0.25) is 23.5 Å². The van der Waals surface area contributed by atoms with E-state index >= 15 is 0 Å². The van der Waals surface area contributed by atoms with Crippen LogP contribution in [0, 0.1) is 17.2 Å². The fourth-order valence-electron chi connectivity index (χ4n) is 7.70. The highest BCUT2D eigenvalue weighted by molar-refractivity contribution is 7.16. The first-order chi connectivity index (χ1) is 22.3. The van der Waals surface area contributed by atoms with Gasteiger partial charge < -0.3 is 24.6 Å². The Hall–Kier alpha value is -4.07. The normalized spacial score (nSPS) is 29.3. The standard InChI is InChI=1S/C30H34FN11O3S/c1-29(5-2-4-21-22(29)19(11-32)23(33)46-21)26-36-25(40-45-26)24-37-27(41-8-9-43-20(15-41)17-12-34-35-13-17)39-28(38-24)44-16-30-6-3-7-42(30)14-18(31)10-30/h12-13,17-18,20H,2-10,14-16,33H2,1H3/t18-,20-,29+,30+/m1/s1. The van der Waals surface area contributed by atoms with Gasteiger partial charge in [-0.05, 0) is 45.6 Å². The van der Waals surface area contributed by atoms with E-state index in [1.165, 1.54) is 11.3 Å². The van der Waals surface area contributed by atoms with Crippen LogP contribution in [-0.2, 0) is 16.6 Å². The number of alkyl halides is 1. The monoisotopic (exact) mass is 647 g/mol. The maximum atomic E-state index is 14.5. The van der Waals surface area contributed by atoms with Crippen LogP contribution < -0.4 is 15.4 Å². The van der Waals surface area contributed by atoms with Crippen LogP contribution in [0.15, 0.2) is 14.7 Å². The predicted molar refractivity (Wildman–Crippen MR) is 167 cm³/mol. The van der Waals surface area contributed by atoms with Crippen molar-refractivity contribution in [3.05, 3.63) is 21.9 Å². The zero-order valence-electron chi connectivity index (χ0n) is 25.4. The highest BCUT2D eigenvalue weighted by atomic mass is 32.1. The summed E-state index contributed by atoms with van der Waals surface area (Å²) in [7, 11) is 0. The molecule has 3 saturated heterocycles. The van der Waals surface area contributed by atoms with Crippen LogP contribution in [0.1, 0.15) is 60.9 Å². The number of anilines is 2. The average molecular weight is 648 g/mol. The van der Waals surface area contributed by atoms with Crippen LogP contribution in [-0.4, -0.2) is 99.6 Å². The van der Waals surface area contributed by atoms with Crippen LogP contribution >= 0.6 is 11.3 Å². The first-order valence-corrected chi connectivity index (χ1v) is 16.5. The molecule has 5 aliphatic rings. The van der Waals surface area contributed by atoms with Crippen molar-refractivity contribution in [3.8, 4) is 23.7 Å². The van der Waals surface area contributed by atoms with Crippen molar-refractivity contribution in [1.29, 1.82) is 5.26 Å². The van der Waals surface area contributed by atoms with E-state index in [-0.39, 0.29) is 41.8 Å². The molecule has 1 aliphatic carbocycles. The van der Waals surface area contributed by atoms with Gasteiger partial charge in [0.05, 0.1) is 35.1 Å². The Morgan fingerprint density at radius 3 is 2.85 bits per heavy atom. The highest BCUT2D eigenvalue weighted by Gasteiger charge is 2.49. The summed E-state index contributed by atoms with van der Waals surface area (Å²) < 4.78 is 32.7. The van der Waals surface area contributed by atoms with Gasteiger partial charge in [0.15, 0.2) is 0 Å². The summed E-state index contributed by atoms with van der Waals surface area (Å²) in [5.74, 6) is 1.10. The molecular formula is C30H34FN11O3S. The van der Waals surface area contributed by atoms with Gasteiger partial charge in [0.1, 0.15) is 23.8 Å². The van der Waals surface area contributed by atoms with Crippen LogP contribution in [0.3, 0.4) is 0 Å². The molecular weight excluding hydrogens is 613 g/mol. The molecule has 7 heterocycles. The molecule has 14 nitrogen and oxygen atoms in total. The molecule has 4 aliphatic heterocycles. The van der Waals surface area contributed by atoms with E-state index in [4.69, 9.17) is 34.7 Å². The van der Waals surface area contributed by atoms with E-state index in [9.17, 15) is 9.65 Å². The molecule has 2 N–H and O–H groups in total. The maximum absolute atomic E-state index is 14.5. The van der Waals surface area contributed by atoms with Crippen molar-refractivity contribution in [2.75, 3.05) is 50.0 Å². The van der Waals surface area contributed by atoms with Crippen molar-refractivity contribution in [2.24, 2.45) is 16.1 Å². The summed E-state index contributed by atoms with van der Waals surface area (Å²) in [6, 6.07) is 2.40. The Morgan fingerprint density at radius 1 is 1.13 bits per heavy atom. The quantitative estimate of drug-likeness (QED) is 0.397. The van der Waals surface area contributed by atoms with Crippen molar-refractivity contribution in [3.63, 3.8) is 0 Å². The Morgan fingerprint density at radius 2 is 2.00 bits per heavy atom. The van der Waals surface area contributed by atoms with Gasteiger partial charge in [-0.25, -0.2) is 4.39 Å². The molecule has 8 rings (SSSR count). The molecule has 0 unspecified atom stereocenters. The lowest BCUT2D eigenvalue weighted by atomic mass is 9.72. The maximum Gasteiger partial charge on any atom is 0.321 e. The van der Waals surface area contributed by atoms with Crippen molar-refractivity contribution in [2.45, 2.75) is 68.7 Å². The van der Waals surface area contributed by atoms with Gasteiger partial charge in [0.25, 0.3) is 0 Å². The summed E-state index contributed by atoms with van der Waals surface area (Å²) in [4.78, 5) is 24.2. The van der Waals surface area contributed by atoms with E-state index < -0.39 is 11.6 Å². The van der Waals surface area contributed by atoms with Crippen LogP contribution in [0.2, 0.25) is 0 Å². The summed E-state index contributed by atoms with van der Waals surface area (Å²) in [5, 5.41) is 22.7. The Labute approximate surface area is 268 Å². The number of rotatable bonds is 7. The van der Waals surface area contributed by atoms with Gasteiger partial charge in [-0.2, -0.15) is 35.4 Å². The van der Waals surface area contributed by atoms with E-state index in [0.29, 0.717) is 55.1 Å². The largest absolute Gasteiger partial charge is 0.461 e. The third kappa shape index (κ3) is 4.92. The number of hydrogen-bond donors (Lipinski definition) is 1. The second kappa shape index (κ2) is 11.3. The smallest absolute Gasteiger partial charge is 0.321 e. The van der Waals surface area contributed by atoms with Crippen LogP contribution in [0.25, 0.3) is 11.6 Å². The number of thiophene rings is 1. The van der Waals surface area contributed by atoms with E-state index in [2.05, 4.69) is 31.3 Å². The SMILES string of the molecule is C[C@]1(c2nc(-c3nc(OC[C@@]45CCCN4C[C@H](F)C5)nc(N4CCO[C@@H](C5C=NN=C5)C4)n3)no2)CCCc2sc(N)c(C#N)c21. The number of nitrogen functional groups attached to an aromatic ring is 1. The number of morpholine rings is 1. The van der Waals surface area contributed by atoms with Crippen molar-refractivity contribution in [1.82, 2.24) is 30.0 Å². The fourth-order valence-corrected chi connectivity index (χ4v) is 8.89. The number of aryl methyl sites for hydroxylation is 1. The molecule has 0 saturated carbocycles.